The fraction of sp³-hybridized carbons (Fsp3) is 0.227. The Kier molecular flexibility index (Phi) is 4.59. The van der Waals surface area contributed by atoms with Crippen molar-refractivity contribution in [3.63, 3.8) is 0 Å². The SMILES string of the molecule is C[C@H](C(=O)NCc1ccc2c(c1)OCO2)N(C)c1ccc2ccccc2c1. The highest BCUT2D eigenvalue weighted by Gasteiger charge is 2.19. The number of hydrogen-bond donors (Lipinski definition) is 1. The summed E-state index contributed by atoms with van der Waals surface area (Å²) < 4.78 is 10.7. The molecule has 0 aliphatic carbocycles. The summed E-state index contributed by atoms with van der Waals surface area (Å²) in [5.41, 5.74) is 1.99. The van der Waals surface area contributed by atoms with Gasteiger partial charge in [-0.15, -0.1) is 0 Å². The summed E-state index contributed by atoms with van der Waals surface area (Å²) >= 11 is 0. The lowest BCUT2D eigenvalue weighted by Gasteiger charge is -2.26. The number of nitrogens with zero attached hydrogens (tertiary/aromatic N) is 1. The van der Waals surface area contributed by atoms with Crippen LogP contribution in [0.25, 0.3) is 10.8 Å². The van der Waals surface area contributed by atoms with Crippen molar-refractivity contribution in [3.8, 4) is 11.5 Å². The predicted octanol–water partition coefficient (Wildman–Crippen LogP) is 3.71. The Morgan fingerprint density at radius 2 is 1.81 bits per heavy atom. The van der Waals surface area contributed by atoms with Gasteiger partial charge in [-0.05, 0) is 47.5 Å². The Morgan fingerprint density at radius 1 is 1.04 bits per heavy atom. The molecule has 1 aliphatic rings. The minimum absolute atomic E-state index is 0.0247. The van der Waals surface area contributed by atoms with Crippen LogP contribution in [0.5, 0.6) is 11.5 Å². The maximum Gasteiger partial charge on any atom is 0.242 e. The molecule has 1 aliphatic heterocycles. The number of amides is 1. The van der Waals surface area contributed by atoms with E-state index in [2.05, 4.69) is 29.6 Å². The van der Waals surface area contributed by atoms with E-state index in [1.165, 1.54) is 5.39 Å². The molecule has 138 valence electrons. The normalized spacial score (nSPS) is 13.4. The van der Waals surface area contributed by atoms with Crippen molar-refractivity contribution in [1.29, 1.82) is 0 Å². The van der Waals surface area contributed by atoms with Crippen molar-refractivity contribution in [2.45, 2.75) is 19.5 Å². The van der Waals surface area contributed by atoms with Crippen LogP contribution in [0.2, 0.25) is 0 Å². The number of nitrogens with one attached hydrogen (secondary N) is 1. The fourth-order valence-electron chi connectivity index (χ4n) is 3.18. The van der Waals surface area contributed by atoms with Crippen molar-refractivity contribution < 1.29 is 14.3 Å². The number of likely N-dealkylation sites (N-methyl/N-ethyl adjacent to an activating group) is 1. The maximum atomic E-state index is 12.6. The van der Waals surface area contributed by atoms with Gasteiger partial charge < -0.3 is 19.7 Å². The van der Waals surface area contributed by atoms with Crippen LogP contribution in [0.1, 0.15) is 12.5 Å². The molecule has 1 heterocycles. The monoisotopic (exact) mass is 362 g/mol. The summed E-state index contributed by atoms with van der Waals surface area (Å²) in [5, 5.41) is 5.35. The highest BCUT2D eigenvalue weighted by molar-refractivity contribution is 5.88. The van der Waals surface area contributed by atoms with Gasteiger partial charge in [0, 0.05) is 19.3 Å². The first-order valence-electron chi connectivity index (χ1n) is 9.00. The molecule has 0 radical (unpaired) electrons. The summed E-state index contributed by atoms with van der Waals surface area (Å²) in [7, 11) is 1.94. The second-order valence-electron chi connectivity index (χ2n) is 6.72. The van der Waals surface area contributed by atoms with Crippen LogP contribution in [-0.2, 0) is 11.3 Å². The molecule has 5 heteroatoms. The smallest absolute Gasteiger partial charge is 0.242 e. The zero-order valence-electron chi connectivity index (χ0n) is 15.4. The first kappa shape index (κ1) is 17.2. The first-order valence-corrected chi connectivity index (χ1v) is 9.00. The number of rotatable bonds is 5. The highest BCUT2D eigenvalue weighted by atomic mass is 16.7. The minimum atomic E-state index is -0.292. The molecule has 1 amide bonds. The first-order chi connectivity index (χ1) is 13.1. The number of ether oxygens (including phenoxy) is 2. The molecule has 0 spiro atoms. The molecule has 1 atom stereocenters. The summed E-state index contributed by atoms with van der Waals surface area (Å²) in [4.78, 5) is 14.6. The molecule has 27 heavy (non-hydrogen) atoms. The molecule has 0 fully saturated rings. The van der Waals surface area contributed by atoms with Crippen LogP contribution in [0.15, 0.2) is 60.7 Å². The minimum Gasteiger partial charge on any atom is -0.454 e. The third-order valence-corrected chi connectivity index (χ3v) is 5.00. The van der Waals surface area contributed by atoms with Crippen LogP contribution in [-0.4, -0.2) is 25.8 Å². The van der Waals surface area contributed by atoms with Gasteiger partial charge in [0.1, 0.15) is 6.04 Å². The lowest BCUT2D eigenvalue weighted by Crippen LogP contribution is -2.43. The third-order valence-electron chi connectivity index (χ3n) is 5.00. The topological polar surface area (TPSA) is 50.8 Å². The largest absolute Gasteiger partial charge is 0.454 e. The van der Waals surface area contributed by atoms with Gasteiger partial charge in [0.2, 0.25) is 12.7 Å². The van der Waals surface area contributed by atoms with Crippen molar-refractivity contribution in [2.24, 2.45) is 0 Å². The van der Waals surface area contributed by atoms with Gasteiger partial charge in [0.05, 0.1) is 0 Å². The van der Waals surface area contributed by atoms with Crippen LogP contribution in [0.4, 0.5) is 5.69 Å². The standard InChI is InChI=1S/C22H22N2O3/c1-15(24(2)19-9-8-17-5-3-4-6-18(17)12-19)22(25)23-13-16-7-10-20-21(11-16)27-14-26-20/h3-12,15H,13-14H2,1-2H3,(H,23,25)/t15-/m1/s1. The van der Waals surface area contributed by atoms with Gasteiger partial charge in [-0.3, -0.25) is 4.79 Å². The average molecular weight is 362 g/mol. The van der Waals surface area contributed by atoms with Gasteiger partial charge >= 0.3 is 0 Å². The van der Waals surface area contributed by atoms with Gasteiger partial charge in [-0.1, -0.05) is 36.4 Å². The van der Waals surface area contributed by atoms with E-state index < -0.39 is 0 Å². The Labute approximate surface area is 158 Å². The average Bonchev–Trinajstić information content (AvgIpc) is 3.18. The molecule has 1 N–H and O–H groups in total. The number of fused-ring (bicyclic) bond motifs is 2. The van der Waals surface area contributed by atoms with Crippen molar-refractivity contribution >= 4 is 22.4 Å². The summed E-state index contributed by atoms with van der Waals surface area (Å²) in [6, 6.07) is 19.9. The van der Waals surface area contributed by atoms with E-state index in [1.54, 1.807) is 0 Å². The van der Waals surface area contributed by atoms with E-state index in [0.29, 0.717) is 6.54 Å². The summed E-state index contributed by atoms with van der Waals surface area (Å²) in [5.74, 6) is 1.45. The van der Waals surface area contributed by atoms with Crippen LogP contribution < -0.4 is 19.7 Å². The third kappa shape index (κ3) is 3.53. The molecule has 0 saturated carbocycles. The Balaban J connectivity index is 1.41. The van der Waals surface area contributed by atoms with Crippen LogP contribution in [0.3, 0.4) is 0 Å². The molecular formula is C22H22N2O3. The molecule has 4 rings (SSSR count). The molecule has 0 saturated heterocycles. The zero-order chi connectivity index (χ0) is 18.8. The Morgan fingerprint density at radius 3 is 2.67 bits per heavy atom. The molecule has 0 aromatic heterocycles. The molecule has 3 aromatic carbocycles. The highest BCUT2D eigenvalue weighted by Crippen LogP contribution is 2.32. The van der Waals surface area contributed by atoms with E-state index in [-0.39, 0.29) is 18.7 Å². The predicted molar refractivity (Wildman–Crippen MR) is 106 cm³/mol. The van der Waals surface area contributed by atoms with Crippen molar-refractivity contribution in [3.05, 3.63) is 66.2 Å². The fourth-order valence-corrected chi connectivity index (χ4v) is 3.18. The van der Waals surface area contributed by atoms with E-state index in [1.807, 2.05) is 55.3 Å². The number of hydrogen-bond acceptors (Lipinski definition) is 4. The molecule has 0 unspecified atom stereocenters. The van der Waals surface area contributed by atoms with Gasteiger partial charge in [-0.25, -0.2) is 0 Å². The van der Waals surface area contributed by atoms with E-state index in [0.717, 1.165) is 28.1 Å². The van der Waals surface area contributed by atoms with Gasteiger partial charge in [0.15, 0.2) is 11.5 Å². The summed E-state index contributed by atoms with van der Waals surface area (Å²) in [6.07, 6.45) is 0. The maximum absolute atomic E-state index is 12.6. The lowest BCUT2D eigenvalue weighted by atomic mass is 10.1. The van der Waals surface area contributed by atoms with Crippen LogP contribution in [0, 0.1) is 0 Å². The molecule has 0 bridgehead atoms. The number of carbonyl (C=O) groups excluding carboxylic acids is 1. The van der Waals surface area contributed by atoms with Crippen LogP contribution >= 0.6 is 0 Å². The quantitative estimate of drug-likeness (QED) is 0.752. The van der Waals surface area contributed by atoms with Gasteiger partial charge in [0.25, 0.3) is 0 Å². The number of carbonyl (C=O) groups is 1. The van der Waals surface area contributed by atoms with Crippen molar-refractivity contribution in [2.75, 3.05) is 18.7 Å². The van der Waals surface area contributed by atoms with Crippen molar-refractivity contribution in [1.82, 2.24) is 5.32 Å². The van der Waals surface area contributed by atoms with E-state index in [9.17, 15) is 4.79 Å². The molecule has 3 aromatic rings. The lowest BCUT2D eigenvalue weighted by molar-refractivity contribution is -0.122. The second kappa shape index (κ2) is 7.19. The Hall–Kier alpha value is -3.21. The summed E-state index contributed by atoms with van der Waals surface area (Å²) in [6.45, 7) is 2.61. The van der Waals surface area contributed by atoms with Gasteiger partial charge in [-0.2, -0.15) is 0 Å². The number of benzene rings is 3. The zero-order valence-corrected chi connectivity index (χ0v) is 15.4. The molecular weight excluding hydrogens is 340 g/mol. The van der Waals surface area contributed by atoms with E-state index >= 15 is 0 Å². The molecule has 5 nitrogen and oxygen atoms in total. The Bertz CT molecular complexity index is 986. The second-order valence-corrected chi connectivity index (χ2v) is 6.72. The van der Waals surface area contributed by atoms with E-state index in [4.69, 9.17) is 9.47 Å². The number of anilines is 1.